The molecule has 1 aromatic rings. The third-order valence-electron chi connectivity index (χ3n) is 4.60. The number of allylic oxidation sites excluding steroid dienone is 2. The largest absolute Gasteiger partial charge is 0.466 e. The molecule has 148 valence electrons. The number of ether oxygens (including phenoxy) is 1. The lowest BCUT2D eigenvalue weighted by Crippen LogP contribution is -2.03. The van der Waals surface area contributed by atoms with Crippen LogP contribution >= 0.6 is 0 Å². The molecule has 0 fully saturated rings. The summed E-state index contributed by atoms with van der Waals surface area (Å²) in [7, 11) is 0. The van der Waals surface area contributed by atoms with Gasteiger partial charge >= 0.3 is 5.97 Å². The van der Waals surface area contributed by atoms with E-state index in [1.54, 1.807) is 12.3 Å². The third-order valence-corrected chi connectivity index (χ3v) is 4.60. The van der Waals surface area contributed by atoms with Crippen LogP contribution in [0.2, 0.25) is 0 Å². The molecule has 0 atom stereocenters. The van der Waals surface area contributed by atoms with E-state index >= 15 is 0 Å². The van der Waals surface area contributed by atoms with Crippen LogP contribution in [0.1, 0.15) is 103 Å². The summed E-state index contributed by atoms with van der Waals surface area (Å²) in [6.07, 6.45) is 23.2. The summed E-state index contributed by atoms with van der Waals surface area (Å²) in [6.45, 7) is 2.51. The van der Waals surface area contributed by atoms with Crippen molar-refractivity contribution in [2.45, 2.75) is 103 Å². The number of esters is 1. The normalized spacial score (nSPS) is 11.3. The average Bonchev–Trinajstić information content (AvgIpc) is 3.17. The Kier molecular flexibility index (Phi) is 14.7. The molecule has 1 heterocycles. The Morgan fingerprint density at radius 1 is 0.923 bits per heavy atom. The quantitative estimate of drug-likeness (QED) is 0.165. The van der Waals surface area contributed by atoms with Crippen molar-refractivity contribution >= 4 is 5.97 Å². The molecule has 26 heavy (non-hydrogen) atoms. The van der Waals surface area contributed by atoms with Crippen LogP contribution < -0.4 is 0 Å². The monoisotopic (exact) mass is 362 g/mol. The van der Waals surface area contributed by atoms with Crippen molar-refractivity contribution in [2.75, 3.05) is 0 Å². The molecular formula is C23H38O3. The van der Waals surface area contributed by atoms with E-state index in [0.717, 1.165) is 12.8 Å². The first-order valence-corrected chi connectivity index (χ1v) is 10.7. The summed E-state index contributed by atoms with van der Waals surface area (Å²) in [6, 6.07) is 3.61. The lowest BCUT2D eigenvalue weighted by molar-refractivity contribution is -0.145. The molecule has 3 heteroatoms. The highest BCUT2D eigenvalue weighted by Gasteiger charge is 2.04. The van der Waals surface area contributed by atoms with Gasteiger partial charge in [-0.25, -0.2) is 0 Å². The smallest absolute Gasteiger partial charge is 0.306 e. The Balaban J connectivity index is 1.78. The molecule has 0 aliphatic heterocycles. The van der Waals surface area contributed by atoms with E-state index in [9.17, 15) is 4.79 Å². The minimum absolute atomic E-state index is 0.126. The van der Waals surface area contributed by atoms with E-state index in [2.05, 4.69) is 19.1 Å². The highest BCUT2D eigenvalue weighted by molar-refractivity contribution is 5.69. The number of rotatable bonds is 17. The second-order valence-corrected chi connectivity index (χ2v) is 7.07. The van der Waals surface area contributed by atoms with Gasteiger partial charge in [-0.05, 0) is 44.2 Å². The van der Waals surface area contributed by atoms with Crippen LogP contribution in [0, 0.1) is 0 Å². The zero-order valence-corrected chi connectivity index (χ0v) is 16.7. The molecular weight excluding hydrogens is 324 g/mol. The summed E-state index contributed by atoms with van der Waals surface area (Å²) in [5, 5.41) is 0. The molecule has 0 aromatic carbocycles. The number of hydrogen-bond acceptors (Lipinski definition) is 3. The van der Waals surface area contributed by atoms with Crippen LogP contribution in [0.3, 0.4) is 0 Å². The van der Waals surface area contributed by atoms with Crippen molar-refractivity contribution in [3.63, 3.8) is 0 Å². The summed E-state index contributed by atoms with van der Waals surface area (Å²) in [5.74, 6) is 0.571. The van der Waals surface area contributed by atoms with Gasteiger partial charge in [0.2, 0.25) is 0 Å². The maximum Gasteiger partial charge on any atom is 0.306 e. The van der Waals surface area contributed by atoms with E-state index < -0.39 is 0 Å². The first kappa shape index (κ1) is 22.5. The van der Waals surface area contributed by atoms with Gasteiger partial charge in [-0.15, -0.1) is 0 Å². The van der Waals surface area contributed by atoms with Gasteiger partial charge in [0.25, 0.3) is 0 Å². The highest BCUT2D eigenvalue weighted by Crippen LogP contribution is 2.11. The summed E-state index contributed by atoms with van der Waals surface area (Å²) >= 11 is 0. The Hall–Kier alpha value is -1.51. The number of carbonyl (C=O) groups excluding carboxylic acids is 1. The molecule has 3 nitrogen and oxygen atoms in total. The molecule has 0 spiro atoms. The minimum Gasteiger partial charge on any atom is -0.466 e. The van der Waals surface area contributed by atoms with E-state index in [1.165, 1.54) is 70.6 Å². The van der Waals surface area contributed by atoms with Gasteiger partial charge in [0.05, 0.1) is 6.26 Å². The molecule has 0 N–H and O–H groups in total. The minimum atomic E-state index is -0.126. The summed E-state index contributed by atoms with van der Waals surface area (Å²) < 4.78 is 10.3. The van der Waals surface area contributed by atoms with Crippen molar-refractivity contribution in [1.82, 2.24) is 0 Å². The Bertz CT molecular complexity index is 448. The van der Waals surface area contributed by atoms with Crippen molar-refractivity contribution in [1.29, 1.82) is 0 Å². The van der Waals surface area contributed by atoms with Gasteiger partial charge in [0.15, 0.2) is 0 Å². The molecule has 0 amide bonds. The fourth-order valence-corrected chi connectivity index (χ4v) is 2.96. The van der Waals surface area contributed by atoms with Gasteiger partial charge in [-0.1, -0.05) is 70.4 Å². The van der Waals surface area contributed by atoms with Crippen LogP contribution in [0.15, 0.2) is 35.0 Å². The second kappa shape index (κ2) is 16.9. The predicted octanol–water partition coefficient (Wildman–Crippen LogP) is 7.36. The van der Waals surface area contributed by atoms with Crippen molar-refractivity contribution in [3.05, 3.63) is 36.3 Å². The molecule has 0 saturated carbocycles. The zero-order valence-electron chi connectivity index (χ0n) is 16.7. The molecule has 1 rings (SSSR count). The first-order valence-electron chi connectivity index (χ1n) is 10.7. The predicted molar refractivity (Wildman–Crippen MR) is 108 cm³/mol. The van der Waals surface area contributed by atoms with E-state index in [4.69, 9.17) is 9.15 Å². The standard InChI is InChI=1S/C23H38O3/c1-2-3-4-5-6-7-8-9-10-11-12-13-14-15-16-19-23(24)26-21-22-18-17-20-25-22/h9-10,17-18,20H,2-8,11-16,19,21H2,1H3/b10-9-. The second-order valence-electron chi connectivity index (χ2n) is 7.07. The van der Waals surface area contributed by atoms with Crippen LogP contribution in [0.5, 0.6) is 0 Å². The van der Waals surface area contributed by atoms with E-state index in [1.807, 2.05) is 6.07 Å². The number of hydrogen-bond donors (Lipinski definition) is 0. The number of furan rings is 1. The molecule has 0 bridgehead atoms. The highest BCUT2D eigenvalue weighted by atomic mass is 16.5. The summed E-state index contributed by atoms with van der Waals surface area (Å²) in [4.78, 5) is 11.6. The topological polar surface area (TPSA) is 39.4 Å². The van der Waals surface area contributed by atoms with Gasteiger partial charge in [0.1, 0.15) is 12.4 Å². The Labute approximate surface area is 160 Å². The lowest BCUT2D eigenvalue weighted by atomic mass is 10.1. The zero-order chi connectivity index (χ0) is 18.7. The van der Waals surface area contributed by atoms with Crippen LogP contribution in [-0.4, -0.2) is 5.97 Å². The molecule has 1 aromatic heterocycles. The molecule has 0 aliphatic rings. The Morgan fingerprint density at radius 3 is 2.15 bits per heavy atom. The fraction of sp³-hybridized carbons (Fsp3) is 0.696. The average molecular weight is 363 g/mol. The van der Waals surface area contributed by atoms with Crippen LogP contribution in [0.25, 0.3) is 0 Å². The van der Waals surface area contributed by atoms with Crippen LogP contribution in [-0.2, 0) is 16.1 Å². The van der Waals surface area contributed by atoms with Crippen molar-refractivity contribution in [3.8, 4) is 0 Å². The Morgan fingerprint density at radius 2 is 1.54 bits per heavy atom. The summed E-state index contributed by atoms with van der Waals surface area (Å²) in [5.41, 5.74) is 0. The maximum absolute atomic E-state index is 11.6. The SMILES string of the molecule is CCCCCCCC/C=C\CCCCCCCC(=O)OCc1ccco1. The first-order chi connectivity index (χ1) is 12.8. The van der Waals surface area contributed by atoms with Crippen molar-refractivity contribution < 1.29 is 13.9 Å². The number of unbranched alkanes of at least 4 members (excludes halogenated alkanes) is 11. The maximum atomic E-state index is 11.6. The molecule has 0 radical (unpaired) electrons. The van der Waals surface area contributed by atoms with Crippen molar-refractivity contribution in [2.24, 2.45) is 0 Å². The molecule has 0 unspecified atom stereocenters. The number of carbonyl (C=O) groups is 1. The van der Waals surface area contributed by atoms with E-state index in [-0.39, 0.29) is 12.6 Å². The lowest BCUT2D eigenvalue weighted by Gasteiger charge is -2.03. The van der Waals surface area contributed by atoms with Gasteiger partial charge in [-0.2, -0.15) is 0 Å². The fourth-order valence-electron chi connectivity index (χ4n) is 2.96. The van der Waals surface area contributed by atoms with Crippen LogP contribution in [0.4, 0.5) is 0 Å². The van der Waals surface area contributed by atoms with Gasteiger partial charge in [-0.3, -0.25) is 4.79 Å². The van der Waals surface area contributed by atoms with E-state index in [0.29, 0.717) is 12.2 Å². The van der Waals surface area contributed by atoms with Gasteiger partial charge < -0.3 is 9.15 Å². The third kappa shape index (κ3) is 13.7. The molecule has 0 saturated heterocycles. The van der Waals surface area contributed by atoms with Gasteiger partial charge in [0, 0.05) is 6.42 Å². The molecule has 0 aliphatic carbocycles.